The van der Waals surface area contributed by atoms with Gasteiger partial charge in [0, 0.05) is 24.5 Å². The number of rotatable bonds is 5. The molecule has 1 heterocycles. The van der Waals surface area contributed by atoms with Crippen molar-refractivity contribution in [3.05, 3.63) is 59.9 Å². The first-order valence-electron chi connectivity index (χ1n) is 6.69. The van der Waals surface area contributed by atoms with Crippen LogP contribution in [0.2, 0.25) is 0 Å². The second-order valence-electron chi connectivity index (χ2n) is 4.77. The number of carbonyl (C=O) groups excluding carboxylic acids is 1. The molecule has 1 unspecified atom stereocenters. The van der Waals surface area contributed by atoms with E-state index < -0.39 is 0 Å². The lowest BCUT2D eigenvalue weighted by molar-refractivity contribution is -0.121. The summed E-state index contributed by atoms with van der Waals surface area (Å²) in [6.07, 6.45) is 4.54. The molecule has 2 rings (SSSR count). The van der Waals surface area contributed by atoms with Crippen LogP contribution in [0.4, 0.5) is 5.69 Å². The Balaban J connectivity index is 1.86. The van der Waals surface area contributed by atoms with Crippen molar-refractivity contribution in [2.45, 2.75) is 25.8 Å². The molecule has 0 bridgehead atoms. The molecule has 0 spiro atoms. The predicted molar refractivity (Wildman–Crippen MR) is 80.0 cm³/mol. The van der Waals surface area contributed by atoms with Crippen molar-refractivity contribution in [3.8, 4) is 0 Å². The molecule has 0 fully saturated rings. The molecule has 4 nitrogen and oxygen atoms in total. The zero-order valence-electron chi connectivity index (χ0n) is 11.5. The van der Waals surface area contributed by atoms with E-state index in [-0.39, 0.29) is 11.9 Å². The Hall–Kier alpha value is -2.36. The van der Waals surface area contributed by atoms with Gasteiger partial charge < -0.3 is 11.1 Å². The number of benzene rings is 1. The minimum Gasteiger partial charge on any atom is -0.399 e. The van der Waals surface area contributed by atoms with Crippen molar-refractivity contribution in [1.29, 1.82) is 0 Å². The fourth-order valence-corrected chi connectivity index (χ4v) is 2.06. The number of anilines is 1. The molecule has 1 atom stereocenters. The number of hydrogen-bond donors (Lipinski definition) is 2. The van der Waals surface area contributed by atoms with Crippen LogP contribution in [0, 0.1) is 0 Å². The monoisotopic (exact) mass is 269 g/mol. The van der Waals surface area contributed by atoms with E-state index in [0.717, 1.165) is 16.8 Å². The second-order valence-corrected chi connectivity index (χ2v) is 4.77. The molecule has 3 N–H and O–H groups in total. The second kappa shape index (κ2) is 6.70. The molecular formula is C16H19N3O. The summed E-state index contributed by atoms with van der Waals surface area (Å²) in [5.74, 6) is 0.0255. The average molecular weight is 269 g/mol. The van der Waals surface area contributed by atoms with Crippen molar-refractivity contribution in [3.63, 3.8) is 0 Å². The predicted octanol–water partition coefficient (Wildman–Crippen LogP) is 2.47. The van der Waals surface area contributed by atoms with Crippen LogP contribution in [0.5, 0.6) is 0 Å². The minimum atomic E-state index is -0.0152. The maximum Gasteiger partial charge on any atom is 0.220 e. The number of aryl methyl sites for hydroxylation is 1. The summed E-state index contributed by atoms with van der Waals surface area (Å²) < 4.78 is 0. The number of hydrogen-bond acceptors (Lipinski definition) is 3. The first-order chi connectivity index (χ1) is 9.66. The molecule has 0 aliphatic heterocycles. The van der Waals surface area contributed by atoms with Crippen LogP contribution >= 0.6 is 0 Å². The van der Waals surface area contributed by atoms with Crippen LogP contribution in [0.1, 0.15) is 30.5 Å². The van der Waals surface area contributed by atoms with Crippen LogP contribution in [0.3, 0.4) is 0 Å². The normalized spacial score (nSPS) is 11.8. The summed E-state index contributed by atoms with van der Waals surface area (Å²) in [6, 6.07) is 11.4. The number of para-hydroxylation sites is 1. The molecule has 20 heavy (non-hydrogen) atoms. The molecule has 0 saturated heterocycles. The van der Waals surface area contributed by atoms with Gasteiger partial charge in [0.1, 0.15) is 0 Å². The van der Waals surface area contributed by atoms with Gasteiger partial charge in [0.15, 0.2) is 0 Å². The summed E-state index contributed by atoms with van der Waals surface area (Å²) >= 11 is 0. The number of amides is 1. The number of carbonyl (C=O) groups is 1. The van der Waals surface area contributed by atoms with Crippen molar-refractivity contribution >= 4 is 11.6 Å². The molecule has 1 aromatic heterocycles. The number of nitrogen functional groups attached to an aromatic ring is 1. The third-order valence-electron chi connectivity index (χ3n) is 3.26. The third kappa shape index (κ3) is 3.82. The molecule has 1 amide bonds. The van der Waals surface area contributed by atoms with E-state index in [0.29, 0.717) is 12.8 Å². The van der Waals surface area contributed by atoms with Gasteiger partial charge in [-0.3, -0.25) is 9.78 Å². The van der Waals surface area contributed by atoms with Gasteiger partial charge in [-0.25, -0.2) is 0 Å². The quantitative estimate of drug-likeness (QED) is 0.819. The summed E-state index contributed by atoms with van der Waals surface area (Å²) in [5.41, 5.74) is 8.66. The van der Waals surface area contributed by atoms with Crippen LogP contribution in [0.25, 0.3) is 0 Å². The lowest BCUT2D eigenvalue weighted by atomic mass is 10.1. The highest BCUT2D eigenvalue weighted by Gasteiger charge is 2.09. The number of nitrogens with zero attached hydrogens (tertiary/aromatic N) is 1. The topological polar surface area (TPSA) is 68.0 Å². The van der Waals surface area contributed by atoms with Crippen LogP contribution in [0.15, 0.2) is 48.8 Å². The summed E-state index contributed by atoms with van der Waals surface area (Å²) in [4.78, 5) is 15.9. The van der Waals surface area contributed by atoms with Crippen molar-refractivity contribution in [2.75, 3.05) is 5.73 Å². The molecule has 0 aliphatic carbocycles. The van der Waals surface area contributed by atoms with E-state index in [4.69, 9.17) is 5.73 Å². The summed E-state index contributed by atoms with van der Waals surface area (Å²) in [6.45, 7) is 1.96. The Morgan fingerprint density at radius 1 is 1.25 bits per heavy atom. The Bertz CT molecular complexity index is 569. The first-order valence-corrected chi connectivity index (χ1v) is 6.69. The number of aromatic nitrogens is 1. The third-order valence-corrected chi connectivity index (χ3v) is 3.26. The molecule has 0 aliphatic rings. The standard InChI is InChI=1S/C16H19N3O/c1-12(13-8-10-18-11-9-13)19-16(20)7-6-14-4-2-3-5-15(14)17/h2-5,8-12H,6-7,17H2,1H3,(H,19,20). The van der Waals surface area contributed by atoms with Crippen LogP contribution in [-0.4, -0.2) is 10.9 Å². The Morgan fingerprint density at radius 2 is 1.95 bits per heavy atom. The molecule has 2 aromatic rings. The maximum absolute atomic E-state index is 11.9. The van der Waals surface area contributed by atoms with Gasteiger partial charge in [-0.05, 0) is 42.7 Å². The lowest BCUT2D eigenvalue weighted by Crippen LogP contribution is -2.26. The fraction of sp³-hybridized carbons (Fsp3) is 0.250. The fourth-order valence-electron chi connectivity index (χ4n) is 2.06. The van der Waals surface area contributed by atoms with Gasteiger partial charge in [-0.15, -0.1) is 0 Å². The van der Waals surface area contributed by atoms with E-state index >= 15 is 0 Å². The van der Waals surface area contributed by atoms with Crippen molar-refractivity contribution in [2.24, 2.45) is 0 Å². The number of nitrogens with two attached hydrogens (primary N) is 1. The van der Waals surface area contributed by atoms with E-state index in [2.05, 4.69) is 10.3 Å². The highest BCUT2D eigenvalue weighted by molar-refractivity contribution is 5.76. The van der Waals surface area contributed by atoms with E-state index in [1.807, 2.05) is 43.3 Å². The molecule has 104 valence electrons. The largest absolute Gasteiger partial charge is 0.399 e. The Kier molecular flexibility index (Phi) is 4.71. The first kappa shape index (κ1) is 14.1. The zero-order valence-corrected chi connectivity index (χ0v) is 11.5. The molecule has 0 saturated carbocycles. The summed E-state index contributed by atoms with van der Waals surface area (Å²) in [7, 11) is 0. The molecule has 4 heteroatoms. The van der Waals surface area contributed by atoms with Gasteiger partial charge in [0.05, 0.1) is 6.04 Å². The summed E-state index contributed by atoms with van der Waals surface area (Å²) in [5, 5.41) is 2.98. The molecular weight excluding hydrogens is 250 g/mol. The van der Waals surface area contributed by atoms with Crippen LogP contribution in [-0.2, 0) is 11.2 Å². The van der Waals surface area contributed by atoms with E-state index in [9.17, 15) is 4.79 Å². The Morgan fingerprint density at radius 3 is 2.65 bits per heavy atom. The minimum absolute atomic E-state index is 0.0152. The van der Waals surface area contributed by atoms with Gasteiger partial charge in [-0.1, -0.05) is 18.2 Å². The number of pyridine rings is 1. The van der Waals surface area contributed by atoms with Crippen molar-refractivity contribution < 1.29 is 4.79 Å². The van der Waals surface area contributed by atoms with Gasteiger partial charge in [0.25, 0.3) is 0 Å². The van der Waals surface area contributed by atoms with E-state index in [1.165, 1.54) is 0 Å². The lowest BCUT2D eigenvalue weighted by Gasteiger charge is -2.14. The molecule has 1 aromatic carbocycles. The van der Waals surface area contributed by atoms with Gasteiger partial charge in [-0.2, -0.15) is 0 Å². The van der Waals surface area contributed by atoms with Gasteiger partial charge in [0.2, 0.25) is 5.91 Å². The van der Waals surface area contributed by atoms with E-state index in [1.54, 1.807) is 12.4 Å². The van der Waals surface area contributed by atoms with Gasteiger partial charge >= 0.3 is 0 Å². The Labute approximate surface area is 119 Å². The highest BCUT2D eigenvalue weighted by atomic mass is 16.1. The number of nitrogens with one attached hydrogen (secondary N) is 1. The van der Waals surface area contributed by atoms with Crippen LogP contribution < -0.4 is 11.1 Å². The smallest absolute Gasteiger partial charge is 0.220 e. The zero-order chi connectivity index (χ0) is 14.4. The van der Waals surface area contributed by atoms with Crippen molar-refractivity contribution in [1.82, 2.24) is 10.3 Å². The molecule has 0 radical (unpaired) electrons. The SMILES string of the molecule is CC(NC(=O)CCc1ccccc1N)c1ccncc1. The highest BCUT2D eigenvalue weighted by Crippen LogP contribution is 2.14. The maximum atomic E-state index is 11.9. The average Bonchev–Trinajstić information content (AvgIpc) is 2.47.